The van der Waals surface area contributed by atoms with Crippen molar-refractivity contribution in [2.24, 2.45) is 0 Å². The van der Waals surface area contributed by atoms with Crippen LogP contribution in [0, 0.1) is 0 Å². The van der Waals surface area contributed by atoms with Gasteiger partial charge in [-0.25, -0.2) is 0 Å². The molecule has 0 aliphatic carbocycles. The van der Waals surface area contributed by atoms with Gasteiger partial charge in [0.2, 0.25) is 0 Å². The van der Waals surface area contributed by atoms with Gasteiger partial charge in [-0.3, -0.25) is 0 Å². The highest BCUT2D eigenvalue weighted by molar-refractivity contribution is 6.87. The van der Waals surface area contributed by atoms with Crippen LogP contribution in [0.15, 0.2) is 0 Å². The molecule has 0 aliphatic rings. The Labute approximate surface area is 666 Å². The molecule has 0 heterocycles. The molecule has 113 heavy (non-hydrogen) atoms. The second kappa shape index (κ2) is 69.5. The molecular formula is C68H144O42Si3. The van der Waals surface area contributed by atoms with E-state index in [1.54, 1.807) is 0 Å². The highest BCUT2D eigenvalue weighted by Gasteiger charge is 2.41. The topological polar surface area (TPSA) is 630 Å². The number of hydrogen-bond donors (Lipinski definition) is 22. The first-order valence-corrected chi connectivity index (χ1v) is 47.1. The molecule has 0 aromatic carbocycles. The number of hydrogen-bond acceptors (Lipinski definition) is 42. The predicted octanol–water partition coefficient (Wildman–Crippen LogP) is -9.59. The minimum Gasteiger partial charge on any atom is -0.437 e. The predicted molar refractivity (Wildman–Crippen MR) is 403 cm³/mol. The monoisotopic (exact) mass is 1720 g/mol. The van der Waals surface area contributed by atoms with Gasteiger partial charge in [-0.05, 0) is 64.2 Å². The van der Waals surface area contributed by atoms with Gasteiger partial charge in [0.1, 0.15) is 110 Å². The van der Waals surface area contributed by atoms with E-state index < -0.39 is 227 Å². The van der Waals surface area contributed by atoms with Crippen LogP contribution in [0.5, 0.6) is 0 Å². The maximum Gasteiger partial charge on any atom is 0.311 e. The van der Waals surface area contributed by atoms with Crippen LogP contribution in [0.1, 0.15) is 12.8 Å². The molecule has 0 saturated heterocycles. The normalized spacial score (nSPS) is 18.2. The number of ether oxygens (including phenoxy) is 18. The van der Waals surface area contributed by atoms with Gasteiger partial charge < -0.3 is 206 Å². The minimum atomic E-state index is -3.12. The molecule has 22 N–H and O–H groups in total. The zero-order valence-electron chi connectivity index (χ0n) is 66.7. The van der Waals surface area contributed by atoms with Crippen LogP contribution in [0.25, 0.3) is 0 Å². The summed E-state index contributed by atoms with van der Waals surface area (Å²) in [6.45, 7) is -1.11. The van der Waals surface area contributed by atoms with Gasteiger partial charge in [0.15, 0.2) is 16.6 Å². The van der Waals surface area contributed by atoms with Crippen LogP contribution in [-0.4, -0.2) is 511 Å². The first-order valence-electron chi connectivity index (χ1n) is 38.1. The summed E-state index contributed by atoms with van der Waals surface area (Å²) in [5.74, 6) is 0. The smallest absolute Gasteiger partial charge is 0.311 e. The van der Waals surface area contributed by atoms with Crippen molar-refractivity contribution in [2.45, 2.75) is 186 Å². The van der Waals surface area contributed by atoms with Crippen molar-refractivity contribution >= 4 is 25.2 Å². The number of rotatable bonds is 84. The lowest BCUT2D eigenvalue weighted by molar-refractivity contribution is -0.139. The summed E-state index contributed by atoms with van der Waals surface area (Å²) in [5.41, 5.74) is 0. The highest BCUT2D eigenvalue weighted by Crippen LogP contribution is 2.28. The second-order valence-corrected chi connectivity index (χ2v) is 41.3. The Kier molecular flexibility index (Phi) is 68.9. The fraction of sp³-hybridized carbons (Fsp3) is 1.00. The van der Waals surface area contributed by atoms with Crippen molar-refractivity contribution < 1.29 is 206 Å². The van der Waals surface area contributed by atoms with Gasteiger partial charge in [0.25, 0.3) is 0 Å². The summed E-state index contributed by atoms with van der Waals surface area (Å²) >= 11 is 0. The van der Waals surface area contributed by atoms with Crippen molar-refractivity contribution in [1.29, 1.82) is 0 Å². The van der Waals surface area contributed by atoms with E-state index >= 15 is 0 Å². The SMILES string of the molecule is C[Si](C)(CCC(COCC(COCC(O)CO)OCC(O)COCC(O)CO)OCC(COCC(CO)OCC(O)CO)OCC(CO)OCC(O)CO)O[Si](C)(C)O[Si](C)(C)CCC(COCC(COCC(O)CO)OCC(O)COCC(O)CO)OCC(COCC(CO)OCC(O)CO)OCC(CO)OCC(O)CO. The Morgan fingerprint density at radius 2 is 0.336 bits per heavy atom. The molecule has 20 unspecified atom stereocenters. The van der Waals surface area contributed by atoms with Gasteiger partial charge in [-0.15, -0.1) is 0 Å². The van der Waals surface area contributed by atoms with E-state index in [0.29, 0.717) is 24.9 Å². The quantitative estimate of drug-likeness (QED) is 0.0251. The van der Waals surface area contributed by atoms with E-state index in [2.05, 4.69) is 0 Å². The van der Waals surface area contributed by atoms with Crippen molar-refractivity contribution in [1.82, 2.24) is 0 Å². The van der Waals surface area contributed by atoms with Gasteiger partial charge >= 0.3 is 8.56 Å². The van der Waals surface area contributed by atoms with Crippen LogP contribution < -0.4 is 0 Å². The van der Waals surface area contributed by atoms with Crippen molar-refractivity contribution in [2.75, 3.05) is 251 Å². The standard InChI is InChI=1S/C68H144O42Si3/c1-111(2,9-7-59(35-95-41-65(39-93-25-51(83)13-71)103-33-57(89)27-91-23-49(81)11-69)105-47-67(107-45-63(21-79)101-31-55(87)17-75)43-97-37-61(19-77)99-29-53(85)15-73)109-113(5,6)110-112(3,4)10-8-60(36-96-42-66(40-94-26-52(84)14-72)104-34-58(90)28-92-24-50(82)12-70)106-48-68(108-46-64(22-80)102-32-56(88)18-76)44-98-38-62(20-78)100-30-54(86)16-74/h49-90H,7-48H2,1-6H3. The average molecular weight is 1720 g/mol. The fourth-order valence-electron chi connectivity index (χ4n) is 9.74. The van der Waals surface area contributed by atoms with Crippen LogP contribution >= 0.6 is 0 Å². The lowest BCUT2D eigenvalue weighted by atomic mass is 10.3. The first-order chi connectivity index (χ1) is 53.8. The molecule has 0 saturated carbocycles. The molecule has 0 aromatic heterocycles. The maximum atomic E-state index is 10.7. The van der Waals surface area contributed by atoms with Crippen molar-refractivity contribution in [3.05, 3.63) is 0 Å². The lowest BCUT2D eigenvalue weighted by Crippen LogP contribution is -2.52. The minimum absolute atomic E-state index is 0.111. The summed E-state index contributed by atoms with van der Waals surface area (Å²) < 4.78 is 120. The van der Waals surface area contributed by atoms with Gasteiger partial charge in [0, 0.05) is 0 Å². The van der Waals surface area contributed by atoms with Gasteiger partial charge in [-0.2, -0.15) is 0 Å². The average Bonchev–Trinajstić information content (AvgIpc) is 0.833. The zero-order chi connectivity index (χ0) is 84.9. The third-order valence-electron chi connectivity index (χ3n) is 15.8. The van der Waals surface area contributed by atoms with E-state index in [9.17, 15) is 102 Å². The molecule has 680 valence electrons. The van der Waals surface area contributed by atoms with E-state index in [1.807, 2.05) is 39.3 Å². The summed E-state index contributed by atoms with van der Waals surface area (Å²) in [6, 6.07) is 0.866. The largest absolute Gasteiger partial charge is 0.437 e. The van der Waals surface area contributed by atoms with Crippen LogP contribution in [0.4, 0.5) is 0 Å². The van der Waals surface area contributed by atoms with E-state index in [1.165, 1.54) is 0 Å². The summed E-state index contributed by atoms with van der Waals surface area (Å²) in [6.07, 6.45) is -20.5. The Bertz CT molecular complexity index is 1970. The second-order valence-electron chi connectivity index (χ2n) is 28.8. The Morgan fingerprint density at radius 3 is 0.593 bits per heavy atom. The van der Waals surface area contributed by atoms with Gasteiger partial charge in [0.05, 0.1) is 263 Å². The molecule has 0 aromatic rings. The van der Waals surface area contributed by atoms with Crippen LogP contribution in [-0.2, 0) is 93.5 Å². The Balaban J connectivity index is 7.34. The van der Waals surface area contributed by atoms with Gasteiger partial charge in [-0.1, -0.05) is 0 Å². The summed E-state index contributed by atoms with van der Waals surface area (Å²) in [4.78, 5) is 0. The van der Waals surface area contributed by atoms with Crippen LogP contribution in [0.3, 0.4) is 0 Å². The highest BCUT2D eigenvalue weighted by atomic mass is 28.5. The molecule has 0 rings (SSSR count). The fourth-order valence-corrected chi connectivity index (χ4v) is 23.8. The zero-order valence-corrected chi connectivity index (χ0v) is 69.7. The molecule has 0 fully saturated rings. The van der Waals surface area contributed by atoms with Crippen LogP contribution in [0.2, 0.25) is 51.4 Å². The molecule has 0 bridgehead atoms. The number of aliphatic hydroxyl groups is 22. The Hall–Kier alpha value is -1.03. The first kappa shape index (κ1) is 112. The van der Waals surface area contributed by atoms with E-state index in [-0.39, 0.29) is 172 Å². The molecule has 0 amide bonds. The lowest BCUT2D eigenvalue weighted by Gasteiger charge is -2.39. The molecular weight excluding hydrogens is 1570 g/mol. The maximum absolute atomic E-state index is 10.7. The number of aliphatic hydroxyl groups excluding tert-OH is 22. The molecule has 0 aliphatic heterocycles. The summed E-state index contributed by atoms with van der Waals surface area (Å²) in [7, 11) is -8.75. The molecule has 0 radical (unpaired) electrons. The van der Waals surface area contributed by atoms with Crippen molar-refractivity contribution in [3.8, 4) is 0 Å². The molecule has 20 atom stereocenters. The molecule has 0 spiro atoms. The Morgan fingerprint density at radius 1 is 0.177 bits per heavy atom. The van der Waals surface area contributed by atoms with Crippen molar-refractivity contribution in [3.63, 3.8) is 0 Å². The van der Waals surface area contributed by atoms with E-state index in [0.717, 1.165) is 0 Å². The molecule has 45 heteroatoms. The molecule has 42 nitrogen and oxygen atoms in total. The third-order valence-corrected chi connectivity index (χ3v) is 27.1. The van der Waals surface area contributed by atoms with E-state index in [4.69, 9.17) is 104 Å². The third kappa shape index (κ3) is 62.7. The summed E-state index contributed by atoms with van der Waals surface area (Å²) in [5, 5.41) is 215.